The van der Waals surface area contributed by atoms with E-state index in [1.165, 1.54) is 0 Å². The molecule has 1 saturated carbocycles. The van der Waals surface area contributed by atoms with Crippen molar-refractivity contribution in [1.82, 2.24) is 9.88 Å². The average Bonchev–Trinajstić information content (AvgIpc) is 3.27. The largest absolute Gasteiger partial charge is 0.481 e. The summed E-state index contributed by atoms with van der Waals surface area (Å²) in [5.41, 5.74) is 3.69. The van der Waals surface area contributed by atoms with Crippen LogP contribution < -0.4 is 4.74 Å². The Hall–Kier alpha value is -2.93. The van der Waals surface area contributed by atoms with Crippen LogP contribution in [0.5, 0.6) is 5.88 Å². The van der Waals surface area contributed by atoms with Crippen LogP contribution in [0.2, 0.25) is 0 Å². The lowest BCUT2D eigenvalue weighted by Crippen LogP contribution is -2.39. The molecule has 32 heavy (non-hydrogen) atoms. The van der Waals surface area contributed by atoms with Gasteiger partial charge in [0, 0.05) is 37.2 Å². The number of pyridine rings is 1. The Kier molecular flexibility index (Phi) is 5.16. The number of benzene rings is 1. The monoisotopic (exact) mass is 436 g/mol. The Balaban J connectivity index is 1.40. The SMILES string of the molecule is CCOC(=O)c1ccc(-c2cc(OC)ncc2CC(=O)O[C@]23CN4CCC2C3C4)c(C)c1. The van der Waals surface area contributed by atoms with E-state index in [1.54, 1.807) is 32.4 Å². The van der Waals surface area contributed by atoms with Crippen LogP contribution in [0.25, 0.3) is 11.1 Å². The molecule has 7 heteroatoms. The molecule has 4 aliphatic rings. The molecule has 1 aromatic carbocycles. The third-order valence-corrected chi connectivity index (χ3v) is 7.15. The van der Waals surface area contributed by atoms with Crippen molar-refractivity contribution in [2.45, 2.75) is 32.3 Å². The van der Waals surface area contributed by atoms with Gasteiger partial charge in [0.1, 0.15) is 5.60 Å². The molecule has 0 spiro atoms. The van der Waals surface area contributed by atoms with Crippen LogP contribution in [0, 0.1) is 18.8 Å². The van der Waals surface area contributed by atoms with Crippen LogP contribution in [0.4, 0.5) is 0 Å². The number of hydrogen-bond acceptors (Lipinski definition) is 7. The topological polar surface area (TPSA) is 78.0 Å². The van der Waals surface area contributed by atoms with Crippen molar-refractivity contribution < 1.29 is 23.8 Å². The number of rotatable bonds is 7. The van der Waals surface area contributed by atoms with Gasteiger partial charge in [0.25, 0.3) is 0 Å². The Labute approximate surface area is 187 Å². The predicted octanol–water partition coefficient (Wildman–Crippen LogP) is 3.03. The predicted molar refractivity (Wildman–Crippen MR) is 117 cm³/mol. The first kappa shape index (κ1) is 20.9. The summed E-state index contributed by atoms with van der Waals surface area (Å²) in [6.07, 6.45) is 2.95. The van der Waals surface area contributed by atoms with Gasteiger partial charge in [-0.25, -0.2) is 9.78 Å². The zero-order valence-corrected chi connectivity index (χ0v) is 18.7. The molecule has 4 atom stereocenters. The molecule has 2 aromatic rings. The van der Waals surface area contributed by atoms with Crippen LogP contribution in [-0.2, 0) is 20.7 Å². The van der Waals surface area contributed by atoms with E-state index in [-0.39, 0.29) is 24.0 Å². The van der Waals surface area contributed by atoms with Crippen molar-refractivity contribution in [3.05, 3.63) is 47.2 Å². The highest BCUT2D eigenvalue weighted by Gasteiger charge is 2.73. The molecule has 0 N–H and O–H groups in total. The number of methoxy groups -OCH3 is 1. The Morgan fingerprint density at radius 1 is 1.22 bits per heavy atom. The lowest BCUT2D eigenvalue weighted by Gasteiger charge is -2.29. The Morgan fingerprint density at radius 2 is 2.06 bits per heavy atom. The molecule has 3 saturated heterocycles. The fraction of sp³-hybridized carbons (Fsp3) is 0.480. The summed E-state index contributed by atoms with van der Waals surface area (Å²) in [6.45, 7) is 7.09. The maximum absolute atomic E-state index is 13.0. The van der Waals surface area contributed by atoms with Crippen molar-refractivity contribution in [3.8, 4) is 17.0 Å². The zero-order chi connectivity index (χ0) is 22.5. The van der Waals surface area contributed by atoms with Gasteiger partial charge in [0.15, 0.2) is 0 Å². The first-order valence-electron chi connectivity index (χ1n) is 11.2. The average molecular weight is 437 g/mol. The molecule has 4 bridgehead atoms. The summed E-state index contributed by atoms with van der Waals surface area (Å²) >= 11 is 0. The minimum absolute atomic E-state index is 0.145. The first-order chi connectivity index (χ1) is 15.4. The molecule has 168 valence electrons. The van der Waals surface area contributed by atoms with Crippen molar-refractivity contribution in [1.29, 1.82) is 0 Å². The minimum atomic E-state index is -0.349. The normalized spacial score (nSPS) is 27.0. The van der Waals surface area contributed by atoms with Gasteiger partial charge in [-0.3, -0.25) is 9.69 Å². The van der Waals surface area contributed by atoms with Crippen LogP contribution >= 0.6 is 0 Å². The van der Waals surface area contributed by atoms with Gasteiger partial charge >= 0.3 is 11.9 Å². The third kappa shape index (κ3) is 3.45. The number of carbonyl (C=O) groups is 2. The lowest BCUT2D eigenvalue weighted by atomic mass is 9.94. The number of aromatic nitrogens is 1. The van der Waals surface area contributed by atoms with Crippen LogP contribution in [0.1, 0.15) is 34.8 Å². The van der Waals surface area contributed by atoms with Gasteiger partial charge in [0.05, 0.1) is 25.7 Å². The van der Waals surface area contributed by atoms with Crippen LogP contribution in [0.15, 0.2) is 30.5 Å². The molecular weight excluding hydrogens is 408 g/mol. The number of carbonyl (C=O) groups excluding carboxylic acids is 2. The molecule has 4 heterocycles. The zero-order valence-electron chi connectivity index (χ0n) is 18.7. The molecule has 1 aromatic heterocycles. The second kappa shape index (κ2) is 7.89. The Bertz CT molecular complexity index is 1080. The third-order valence-electron chi connectivity index (χ3n) is 7.15. The van der Waals surface area contributed by atoms with Gasteiger partial charge in [-0.15, -0.1) is 0 Å². The second-order valence-corrected chi connectivity index (χ2v) is 8.98. The number of esters is 2. The van der Waals surface area contributed by atoms with Crippen molar-refractivity contribution in [2.24, 2.45) is 11.8 Å². The molecular formula is C25H28N2O5. The molecule has 3 unspecified atom stereocenters. The van der Waals surface area contributed by atoms with Gasteiger partial charge in [0.2, 0.25) is 5.88 Å². The van der Waals surface area contributed by atoms with Gasteiger partial charge in [-0.05, 0) is 61.2 Å². The number of aryl methyl sites for hydroxylation is 1. The molecule has 0 radical (unpaired) electrons. The summed E-state index contributed by atoms with van der Waals surface area (Å²) in [7, 11) is 1.56. The van der Waals surface area contributed by atoms with E-state index in [2.05, 4.69) is 9.88 Å². The highest BCUT2D eigenvalue weighted by molar-refractivity contribution is 5.91. The lowest BCUT2D eigenvalue weighted by molar-refractivity contribution is -0.152. The van der Waals surface area contributed by atoms with Crippen molar-refractivity contribution in [3.63, 3.8) is 0 Å². The maximum Gasteiger partial charge on any atom is 0.338 e. The smallest absolute Gasteiger partial charge is 0.338 e. The summed E-state index contributed by atoms with van der Waals surface area (Å²) in [6, 6.07) is 7.26. The summed E-state index contributed by atoms with van der Waals surface area (Å²) < 4.78 is 16.5. The van der Waals surface area contributed by atoms with E-state index in [1.807, 2.05) is 19.1 Å². The quantitative estimate of drug-likeness (QED) is 0.618. The number of nitrogens with zero attached hydrogens (tertiary/aromatic N) is 2. The summed E-state index contributed by atoms with van der Waals surface area (Å²) in [5.74, 6) is 0.940. The number of fused-ring (bicyclic) bond motifs is 1. The highest BCUT2D eigenvalue weighted by Crippen LogP contribution is 2.62. The molecule has 3 aliphatic heterocycles. The van der Waals surface area contributed by atoms with Crippen LogP contribution in [0.3, 0.4) is 0 Å². The van der Waals surface area contributed by atoms with E-state index < -0.39 is 0 Å². The molecule has 0 amide bonds. The number of ether oxygens (including phenoxy) is 3. The molecule has 1 aliphatic carbocycles. The van der Waals surface area contributed by atoms with E-state index in [9.17, 15) is 9.59 Å². The highest BCUT2D eigenvalue weighted by atomic mass is 16.6. The fourth-order valence-corrected chi connectivity index (χ4v) is 5.58. The summed E-state index contributed by atoms with van der Waals surface area (Å²) in [4.78, 5) is 31.8. The van der Waals surface area contributed by atoms with E-state index in [0.29, 0.717) is 29.9 Å². The van der Waals surface area contributed by atoms with Crippen molar-refractivity contribution >= 4 is 11.9 Å². The van der Waals surface area contributed by atoms with Gasteiger partial charge in [-0.1, -0.05) is 6.07 Å². The second-order valence-electron chi connectivity index (χ2n) is 8.98. The van der Waals surface area contributed by atoms with Gasteiger partial charge in [-0.2, -0.15) is 0 Å². The maximum atomic E-state index is 13.0. The number of piperidine rings is 3. The number of hydrogen-bond donors (Lipinski definition) is 0. The summed E-state index contributed by atoms with van der Waals surface area (Å²) in [5, 5.41) is 0. The molecule has 7 nitrogen and oxygen atoms in total. The minimum Gasteiger partial charge on any atom is -0.481 e. The standard InChI is InChI=1S/C25H28N2O5/c1-4-31-24(29)16-5-6-18(15(2)9-16)19-11-22(30-3)26-12-17(19)10-23(28)32-25-14-27-8-7-20(25)21(25)13-27/h5-6,9,11-12,20-21H,4,7-8,10,13-14H2,1-3H3/t20?,21?,25-/m1/s1. The first-order valence-corrected chi connectivity index (χ1v) is 11.2. The van der Waals surface area contributed by atoms with E-state index in [4.69, 9.17) is 14.2 Å². The molecule has 4 fully saturated rings. The van der Waals surface area contributed by atoms with E-state index >= 15 is 0 Å². The van der Waals surface area contributed by atoms with E-state index in [0.717, 1.165) is 48.3 Å². The Morgan fingerprint density at radius 3 is 2.69 bits per heavy atom. The van der Waals surface area contributed by atoms with Gasteiger partial charge < -0.3 is 14.2 Å². The fourth-order valence-electron chi connectivity index (χ4n) is 5.58. The molecule has 6 rings (SSSR count). The van der Waals surface area contributed by atoms with Crippen molar-refractivity contribution in [2.75, 3.05) is 33.4 Å². The van der Waals surface area contributed by atoms with Crippen LogP contribution in [-0.4, -0.2) is 60.8 Å².